The van der Waals surface area contributed by atoms with Crippen LogP contribution < -0.4 is 5.32 Å². The van der Waals surface area contributed by atoms with Crippen molar-refractivity contribution in [1.29, 1.82) is 0 Å². The van der Waals surface area contributed by atoms with E-state index >= 15 is 0 Å². The topological polar surface area (TPSA) is 35.6 Å². The maximum atomic E-state index is 12.6. The number of nitrogens with zero attached hydrogens (tertiary/aromatic N) is 2. The van der Waals surface area contributed by atoms with Crippen molar-refractivity contribution in [3.05, 3.63) is 0 Å². The van der Waals surface area contributed by atoms with Crippen LogP contribution in [0.25, 0.3) is 0 Å². The zero-order valence-electron chi connectivity index (χ0n) is 12.9. The second-order valence-electron chi connectivity index (χ2n) is 6.59. The number of rotatable bonds is 2. The number of hydrogen-bond donors (Lipinski definition) is 1. The minimum Gasteiger partial charge on any atom is -0.336 e. The Morgan fingerprint density at radius 1 is 1.05 bits per heavy atom. The molecule has 4 nitrogen and oxygen atoms in total. The minimum atomic E-state index is 0.320. The molecule has 1 N–H and O–H groups in total. The smallest absolute Gasteiger partial charge is 0.237 e. The van der Waals surface area contributed by atoms with E-state index in [9.17, 15) is 4.79 Å². The molecule has 0 spiro atoms. The first kappa shape index (κ1) is 14.8. The molecule has 19 heavy (non-hydrogen) atoms. The van der Waals surface area contributed by atoms with E-state index in [1.807, 2.05) is 0 Å². The lowest BCUT2D eigenvalue weighted by atomic mass is 9.97. The lowest BCUT2D eigenvalue weighted by Crippen LogP contribution is -2.58. The quantitative estimate of drug-likeness (QED) is 0.823. The Bertz CT molecular complexity index is 301. The molecule has 2 aliphatic heterocycles. The first-order valence-electron chi connectivity index (χ1n) is 7.77. The summed E-state index contributed by atoms with van der Waals surface area (Å²) >= 11 is 0. The molecule has 0 aromatic carbocycles. The molecule has 4 unspecified atom stereocenters. The van der Waals surface area contributed by atoms with Gasteiger partial charge in [-0.3, -0.25) is 9.69 Å². The van der Waals surface area contributed by atoms with Gasteiger partial charge in [0.1, 0.15) is 0 Å². The van der Waals surface area contributed by atoms with Crippen molar-refractivity contribution >= 4 is 5.91 Å². The summed E-state index contributed by atoms with van der Waals surface area (Å²) in [5.74, 6) is 0.320. The highest BCUT2D eigenvalue weighted by Gasteiger charge is 2.31. The van der Waals surface area contributed by atoms with Gasteiger partial charge in [-0.05, 0) is 47.0 Å². The van der Waals surface area contributed by atoms with Crippen LogP contribution >= 0.6 is 0 Å². The lowest BCUT2D eigenvalue weighted by Gasteiger charge is -2.42. The second kappa shape index (κ2) is 6.23. The molecule has 0 aliphatic carbocycles. The summed E-state index contributed by atoms with van der Waals surface area (Å²) in [5, 5.41) is 3.51. The van der Waals surface area contributed by atoms with Crippen molar-refractivity contribution < 1.29 is 4.79 Å². The first-order valence-corrected chi connectivity index (χ1v) is 7.77. The number of carbonyl (C=O) groups is 1. The number of piperazine rings is 1. The molecule has 4 atom stereocenters. The van der Waals surface area contributed by atoms with Crippen LogP contribution in [0.1, 0.15) is 47.0 Å². The van der Waals surface area contributed by atoms with Gasteiger partial charge in [0.25, 0.3) is 0 Å². The van der Waals surface area contributed by atoms with Crippen molar-refractivity contribution in [3.63, 3.8) is 0 Å². The van der Waals surface area contributed by atoms with Gasteiger partial charge in [0.05, 0.1) is 6.54 Å². The van der Waals surface area contributed by atoms with E-state index in [0.717, 1.165) is 25.9 Å². The Morgan fingerprint density at radius 2 is 1.58 bits per heavy atom. The zero-order chi connectivity index (χ0) is 14.0. The van der Waals surface area contributed by atoms with E-state index in [1.54, 1.807) is 0 Å². The second-order valence-corrected chi connectivity index (χ2v) is 6.59. The summed E-state index contributed by atoms with van der Waals surface area (Å²) in [6.45, 7) is 11.3. The van der Waals surface area contributed by atoms with Gasteiger partial charge in [-0.15, -0.1) is 0 Å². The van der Waals surface area contributed by atoms with Crippen LogP contribution in [-0.2, 0) is 4.79 Å². The van der Waals surface area contributed by atoms with Crippen LogP contribution in [0.4, 0.5) is 0 Å². The fourth-order valence-corrected chi connectivity index (χ4v) is 3.76. The Hall–Kier alpha value is -0.610. The molecule has 0 aromatic rings. The SMILES string of the molecule is CC1CN(CC(=O)N2C(C)CCCC2C)CC(C)N1. The van der Waals surface area contributed by atoms with Crippen molar-refractivity contribution in [2.75, 3.05) is 19.6 Å². The lowest BCUT2D eigenvalue weighted by molar-refractivity contribution is -0.138. The van der Waals surface area contributed by atoms with Crippen LogP contribution in [0.5, 0.6) is 0 Å². The summed E-state index contributed by atoms with van der Waals surface area (Å²) in [7, 11) is 0. The minimum absolute atomic E-state index is 0.320. The summed E-state index contributed by atoms with van der Waals surface area (Å²) < 4.78 is 0. The highest BCUT2D eigenvalue weighted by Crippen LogP contribution is 2.22. The van der Waals surface area contributed by atoms with E-state index in [4.69, 9.17) is 0 Å². The summed E-state index contributed by atoms with van der Waals surface area (Å²) in [5.41, 5.74) is 0. The molecule has 1 amide bonds. The van der Waals surface area contributed by atoms with Crippen LogP contribution in [0, 0.1) is 0 Å². The summed E-state index contributed by atoms with van der Waals surface area (Å²) in [6.07, 6.45) is 3.57. The summed E-state index contributed by atoms with van der Waals surface area (Å²) in [6, 6.07) is 1.78. The van der Waals surface area contributed by atoms with Crippen molar-refractivity contribution in [1.82, 2.24) is 15.1 Å². The maximum Gasteiger partial charge on any atom is 0.237 e. The van der Waals surface area contributed by atoms with Crippen LogP contribution in [0.15, 0.2) is 0 Å². The molecule has 2 heterocycles. The predicted molar refractivity (Wildman–Crippen MR) is 78.1 cm³/mol. The third-order valence-corrected chi connectivity index (χ3v) is 4.47. The van der Waals surface area contributed by atoms with Crippen LogP contribution in [-0.4, -0.2) is 59.5 Å². The number of likely N-dealkylation sites (tertiary alicyclic amines) is 1. The Balaban J connectivity index is 1.92. The molecular formula is C15H29N3O. The molecule has 0 radical (unpaired) electrons. The molecule has 110 valence electrons. The highest BCUT2D eigenvalue weighted by molar-refractivity contribution is 5.79. The third-order valence-electron chi connectivity index (χ3n) is 4.47. The van der Waals surface area contributed by atoms with Gasteiger partial charge in [-0.1, -0.05) is 0 Å². The average Bonchev–Trinajstić information content (AvgIpc) is 2.26. The number of amides is 1. The molecule has 4 heteroatoms. The maximum absolute atomic E-state index is 12.6. The Labute approximate surface area is 117 Å². The third kappa shape index (κ3) is 3.69. The standard InChI is InChI=1S/C15H29N3O/c1-11-8-17(9-12(2)16-11)10-15(19)18-13(3)6-5-7-14(18)4/h11-14,16H,5-10H2,1-4H3. The largest absolute Gasteiger partial charge is 0.336 e. The van der Waals surface area contributed by atoms with Crippen LogP contribution in [0.2, 0.25) is 0 Å². The van der Waals surface area contributed by atoms with Gasteiger partial charge in [-0.25, -0.2) is 0 Å². The predicted octanol–water partition coefficient (Wildman–Crippen LogP) is 1.46. The Morgan fingerprint density at radius 3 is 2.11 bits per heavy atom. The molecule has 0 bridgehead atoms. The van der Waals surface area contributed by atoms with E-state index in [2.05, 4.69) is 42.8 Å². The van der Waals surface area contributed by atoms with Crippen LogP contribution in [0.3, 0.4) is 0 Å². The van der Waals surface area contributed by atoms with E-state index in [-0.39, 0.29) is 0 Å². The average molecular weight is 267 g/mol. The van der Waals surface area contributed by atoms with Gasteiger partial charge in [0.15, 0.2) is 0 Å². The van der Waals surface area contributed by atoms with Crippen molar-refractivity contribution in [2.24, 2.45) is 0 Å². The van der Waals surface area contributed by atoms with Crippen molar-refractivity contribution in [3.8, 4) is 0 Å². The molecule has 0 aromatic heterocycles. The molecule has 2 aliphatic rings. The molecule has 2 fully saturated rings. The normalized spacial score (nSPS) is 37.4. The van der Waals surface area contributed by atoms with E-state index in [1.165, 1.54) is 6.42 Å². The van der Waals surface area contributed by atoms with Gasteiger partial charge < -0.3 is 10.2 Å². The fraction of sp³-hybridized carbons (Fsp3) is 0.933. The number of piperidine rings is 1. The van der Waals surface area contributed by atoms with Gasteiger partial charge >= 0.3 is 0 Å². The molecule has 2 rings (SSSR count). The zero-order valence-corrected chi connectivity index (χ0v) is 12.9. The van der Waals surface area contributed by atoms with E-state index in [0.29, 0.717) is 36.6 Å². The van der Waals surface area contributed by atoms with E-state index < -0.39 is 0 Å². The van der Waals surface area contributed by atoms with Crippen molar-refractivity contribution in [2.45, 2.75) is 71.1 Å². The fourth-order valence-electron chi connectivity index (χ4n) is 3.76. The highest BCUT2D eigenvalue weighted by atomic mass is 16.2. The number of nitrogens with one attached hydrogen (secondary N) is 1. The van der Waals surface area contributed by atoms with Gasteiger partial charge in [-0.2, -0.15) is 0 Å². The molecule has 0 saturated carbocycles. The summed E-state index contributed by atoms with van der Waals surface area (Å²) in [4.78, 5) is 17.0. The number of carbonyl (C=O) groups excluding carboxylic acids is 1. The molecule has 2 saturated heterocycles. The monoisotopic (exact) mass is 267 g/mol. The molecular weight excluding hydrogens is 238 g/mol. The first-order chi connectivity index (χ1) is 8.97. The van der Waals surface area contributed by atoms with Gasteiger partial charge in [0.2, 0.25) is 5.91 Å². The van der Waals surface area contributed by atoms with Gasteiger partial charge in [0, 0.05) is 37.3 Å². The number of hydrogen-bond acceptors (Lipinski definition) is 3. The Kier molecular flexibility index (Phi) is 4.85.